The molecule has 0 bridgehead atoms. The van der Waals surface area contributed by atoms with E-state index in [1.54, 1.807) is 0 Å². The first kappa shape index (κ1) is 10.2. The van der Waals surface area contributed by atoms with E-state index < -0.39 is 0 Å². The fourth-order valence-corrected chi connectivity index (χ4v) is 3.32. The summed E-state index contributed by atoms with van der Waals surface area (Å²) in [5.41, 5.74) is 8.48. The quantitative estimate of drug-likeness (QED) is 0.623. The lowest BCUT2D eigenvalue weighted by Crippen LogP contribution is -2.08. The summed E-state index contributed by atoms with van der Waals surface area (Å²) >= 11 is 0. The highest BCUT2D eigenvalue weighted by Gasteiger charge is 2.28. The third-order valence-corrected chi connectivity index (χ3v) is 4.24. The van der Waals surface area contributed by atoms with Crippen molar-refractivity contribution in [2.45, 2.75) is 6.42 Å². The van der Waals surface area contributed by atoms with Gasteiger partial charge < -0.3 is 4.98 Å². The van der Waals surface area contributed by atoms with Crippen LogP contribution in [0.25, 0.3) is 16.5 Å². The van der Waals surface area contributed by atoms with E-state index in [0.29, 0.717) is 0 Å². The third kappa shape index (κ3) is 1.16. The van der Waals surface area contributed by atoms with Crippen LogP contribution in [0.3, 0.4) is 0 Å². The number of nitrogens with one attached hydrogen (secondary N) is 1. The minimum absolute atomic E-state index is 0.974. The number of aromatic nitrogens is 1. The summed E-state index contributed by atoms with van der Waals surface area (Å²) in [5, 5.41) is 1.32. The standard InChI is InChI=1S/C18H12N2/c1-3-7-15-11(5-1)13-9-10-14-12-6-2-4-8-16(12)20-18(14)17(13)19-15/h1-9,20H,10H2. The van der Waals surface area contributed by atoms with Crippen LogP contribution >= 0.6 is 0 Å². The topological polar surface area (TPSA) is 28.1 Å². The number of hydrogen-bond donors (Lipinski definition) is 1. The fourth-order valence-electron chi connectivity index (χ4n) is 3.32. The summed E-state index contributed by atoms with van der Waals surface area (Å²) < 4.78 is 0. The van der Waals surface area contributed by atoms with Gasteiger partial charge in [0.1, 0.15) is 0 Å². The molecule has 0 fully saturated rings. The molecule has 0 spiro atoms. The average Bonchev–Trinajstić information content (AvgIpc) is 3.05. The van der Waals surface area contributed by atoms with Crippen molar-refractivity contribution in [1.29, 1.82) is 0 Å². The Morgan fingerprint density at radius 1 is 0.950 bits per heavy atom. The molecule has 2 heterocycles. The van der Waals surface area contributed by atoms with Crippen molar-refractivity contribution in [2.75, 3.05) is 0 Å². The van der Waals surface area contributed by atoms with Gasteiger partial charge >= 0.3 is 0 Å². The van der Waals surface area contributed by atoms with Crippen molar-refractivity contribution < 1.29 is 0 Å². The molecule has 0 unspecified atom stereocenters. The van der Waals surface area contributed by atoms with E-state index in [0.717, 1.165) is 17.8 Å². The van der Waals surface area contributed by atoms with Crippen LogP contribution in [-0.4, -0.2) is 10.7 Å². The van der Waals surface area contributed by atoms with Gasteiger partial charge in [0.2, 0.25) is 0 Å². The van der Waals surface area contributed by atoms with Gasteiger partial charge in [-0.15, -0.1) is 0 Å². The Balaban J connectivity index is 1.82. The summed E-state index contributed by atoms with van der Waals surface area (Å²) in [6.07, 6.45) is 3.29. The van der Waals surface area contributed by atoms with Crippen molar-refractivity contribution in [3.05, 3.63) is 71.4 Å². The number of H-pyrrole nitrogens is 1. The highest BCUT2D eigenvalue weighted by molar-refractivity contribution is 6.37. The zero-order valence-corrected chi connectivity index (χ0v) is 10.9. The van der Waals surface area contributed by atoms with Crippen molar-refractivity contribution in [3.63, 3.8) is 0 Å². The Morgan fingerprint density at radius 3 is 2.80 bits per heavy atom. The van der Waals surface area contributed by atoms with Crippen LogP contribution in [0, 0.1) is 0 Å². The van der Waals surface area contributed by atoms with Crippen LogP contribution in [0.1, 0.15) is 16.8 Å². The molecule has 1 aliphatic carbocycles. The van der Waals surface area contributed by atoms with E-state index in [9.17, 15) is 0 Å². The van der Waals surface area contributed by atoms with Gasteiger partial charge in [-0.2, -0.15) is 0 Å². The maximum absolute atomic E-state index is 4.83. The molecular formula is C18H12N2. The molecule has 0 saturated heterocycles. The van der Waals surface area contributed by atoms with Gasteiger partial charge in [-0.3, -0.25) is 0 Å². The Bertz CT molecular complexity index is 925. The van der Waals surface area contributed by atoms with Gasteiger partial charge in [-0.25, -0.2) is 4.99 Å². The molecule has 2 heteroatoms. The zero-order valence-electron chi connectivity index (χ0n) is 10.9. The molecule has 2 nitrogen and oxygen atoms in total. The average molecular weight is 256 g/mol. The first-order valence-corrected chi connectivity index (χ1v) is 6.90. The van der Waals surface area contributed by atoms with Gasteiger partial charge in [0, 0.05) is 22.0 Å². The molecule has 0 amide bonds. The number of aliphatic imine (C=N–C) groups is 1. The molecule has 94 valence electrons. The van der Waals surface area contributed by atoms with E-state index >= 15 is 0 Å². The first-order chi connectivity index (χ1) is 9.92. The summed E-state index contributed by atoms with van der Waals surface area (Å²) in [6, 6.07) is 16.9. The molecule has 1 aliphatic heterocycles. The molecule has 0 atom stereocenters. The molecule has 0 radical (unpaired) electrons. The van der Waals surface area contributed by atoms with Crippen LogP contribution < -0.4 is 0 Å². The van der Waals surface area contributed by atoms with Crippen LogP contribution in [-0.2, 0) is 6.42 Å². The maximum Gasteiger partial charge on any atom is 0.0951 e. The molecule has 2 aliphatic rings. The minimum atomic E-state index is 0.974. The van der Waals surface area contributed by atoms with Crippen LogP contribution in [0.2, 0.25) is 0 Å². The number of rotatable bonds is 0. The highest BCUT2D eigenvalue weighted by Crippen LogP contribution is 2.41. The van der Waals surface area contributed by atoms with Gasteiger partial charge in [0.25, 0.3) is 0 Å². The Morgan fingerprint density at radius 2 is 1.80 bits per heavy atom. The van der Waals surface area contributed by atoms with Crippen molar-refractivity contribution in [2.24, 2.45) is 4.99 Å². The van der Waals surface area contributed by atoms with Crippen LogP contribution in [0.4, 0.5) is 5.69 Å². The van der Waals surface area contributed by atoms with E-state index in [-0.39, 0.29) is 0 Å². The number of para-hydroxylation sites is 2. The number of hydrogen-bond acceptors (Lipinski definition) is 1. The van der Waals surface area contributed by atoms with Crippen molar-refractivity contribution >= 4 is 27.9 Å². The lowest BCUT2D eigenvalue weighted by atomic mass is 9.91. The summed E-state index contributed by atoms with van der Waals surface area (Å²) in [6.45, 7) is 0. The van der Waals surface area contributed by atoms with Gasteiger partial charge in [0.15, 0.2) is 0 Å². The van der Waals surface area contributed by atoms with Gasteiger partial charge in [-0.1, -0.05) is 42.5 Å². The normalized spacial score (nSPS) is 15.4. The van der Waals surface area contributed by atoms with Crippen LogP contribution in [0.5, 0.6) is 0 Å². The van der Waals surface area contributed by atoms with E-state index in [1.165, 1.54) is 33.3 Å². The minimum Gasteiger partial charge on any atom is -0.353 e. The first-order valence-electron chi connectivity index (χ1n) is 6.90. The highest BCUT2D eigenvalue weighted by atomic mass is 14.9. The Hall–Kier alpha value is -2.61. The number of nitrogens with zero attached hydrogens (tertiary/aromatic N) is 1. The second-order valence-electron chi connectivity index (χ2n) is 5.32. The molecule has 2 aromatic carbocycles. The lowest BCUT2D eigenvalue weighted by Gasteiger charge is -2.12. The summed E-state index contributed by atoms with van der Waals surface area (Å²) in [5.74, 6) is 0. The maximum atomic E-state index is 4.83. The number of fused-ring (bicyclic) bond motifs is 7. The van der Waals surface area contributed by atoms with Gasteiger partial charge in [0.05, 0.1) is 17.1 Å². The number of aromatic amines is 1. The van der Waals surface area contributed by atoms with E-state index in [4.69, 9.17) is 4.99 Å². The second-order valence-corrected chi connectivity index (χ2v) is 5.32. The molecule has 0 saturated carbocycles. The Kier molecular flexibility index (Phi) is 1.78. The molecular weight excluding hydrogens is 244 g/mol. The monoisotopic (exact) mass is 256 g/mol. The van der Waals surface area contributed by atoms with Crippen molar-refractivity contribution in [1.82, 2.24) is 4.98 Å². The molecule has 20 heavy (non-hydrogen) atoms. The predicted octanol–water partition coefficient (Wildman–Crippen LogP) is 4.24. The van der Waals surface area contributed by atoms with E-state index in [1.807, 2.05) is 6.07 Å². The molecule has 1 aromatic heterocycles. The lowest BCUT2D eigenvalue weighted by molar-refractivity contribution is 1.25. The van der Waals surface area contributed by atoms with Gasteiger partial charge in [-0.05, 0) is 24.1 Å². The third-order valence-electron chi connectivity index (χ3n) is 4.24. The number of benzene rings is 2. The molecule has 1 N–H and O–H groups in total. The SMILES string of the molecule is C1=C2C(=Nc3ccccc32)c2[nH]c3ccccc3c2C1. The van der Waals surface area contributed by atoms with E-state index in [2.05, 4.69) is 53.5 Å². The van der Waals surface area contributed by atoms with Crippen LogP contribution in [0.15, 0.2) is 59.6 Å². The zero-order chi connectivity index (χ0) is 13.1. The predicted molar refractivity (Wildman–Crippen MR) is 82.6 cm³/mol. The van der Waals surface area contributed by atoms with Crippen molar-refractivity contribution in [3.8, 4) is 0 Å². The molecule has 5 rings (SSSR count). The number of allylic oxidation sites excluding steroid dienone is 2. The smallest absolute Gasteiger partial charge is 0.0951 e. The summed E-state index contributed by atoms with van der Waals surface area (Å²) in [7, 11) is 0. The Labute approximate surface area is 116 Å². The largest absolute Gasteiger partial charge is 0.353 e. The second kappa shape index (κ2) is 3.48. The molecule has 3 aromatic rings. The fraction of sp³-hybridized carbons (Fsp3) is 0.0556. The summed E-state index contributed by atoms with van der Waals surface area (Å²) in [4.78, 5) is 8.38.